The van der Waals surface area contributed by atoms with E-state index in [0.29, 0.717) is 34.3 Å². The second kappa shape index (κ2) is 8.46. The van der Waals surface area contributed by atoms with Gasteiger partial charge in [0.15, 0.2) is 0 Å². The van der Waals surface area contributed by atoms with Crippen molar-refractivity contribution in [3.05, 3.63) is 63.4 Å². The largest absolute Gasteiger partial charge is 0.496 e. The van der Waals surface area contributed by atoms with Gasteiger partial charge >= 0.3 is 5.97 Å². The van der Waals surface area contributed by atoms with E-state index in [-0.39, 0.29) is 0 Å². The molecule has 1 aliphatic heterocycles. The highest BCUT2D eigenvalue weighted by Gasteiger charge is 2.36. The van der Waals surface area contributed by atoms with E-state index in [4.69, 9.17) is 27.9 Å². The van der Waals surface area contributed by atoms with E-state index in [9.17, 15) is 14.3 Å². The summed E-state index contributed by atoms with van der Waals surface area (Å²) in [6.07, 6.45) is 2.23. The van der Waals surface area contributed by atoms with Gasteiger partial charge in [0.05, 0.1) is 23.2 Å². The molecule has 0 amide bonds. The molecule has 2 unspecified atom stereocenters. The Balaban J connectivity index is 2.18. The van der Waals surface area contributed by atoms with Crippen LogP contribution in [0, 0.1) is 5.82 Å². The molecule has 1 heterocycles. The van der Waals surface area contributed by atoms with Crippen LogP contribution in [0.25, 0.3) is 0 Å². The third-order valence-corrected chi connectivity index (χ3v) is 5.65. The van der Waals surface area contributed by atoms with Crippen LogP contribution in [0.2, 0.25) is 10.0 Å². The zero-order valence-corrected chi connectivity index (χ0v) is 16.3. The molecule has 7 heteroatoms. The Bertz CT molecular complexity index is 846. The van der Waals surface area contributed by atoms with Crippen LogP contribution < -0.4 is 4.74 Å². The van der Waals surface area contributed by atoms with Crippen LogP contribution in [-0.2, 0) is 4.79 Å². The van der Waals surface area contributed by atoms with Crippen molar-refractivity contribution < 1.29 is 19.0 Å². The number of aliphatic carboxylic acids is 1. The number of carboxylic acids is 1. The third kappa shape index (κ3) is 4.21. The summed E-state index contributed by atoms with van der Waals surface area (Å²) in [7, 11) is 1.51. The van der Waals surface area contributed by atoms with Crippen LogP contribution in [0.4, 0.5) is 4.39 Å². The highest BCUT2D eigenvalue weighted by Crippen LogP contribution is 2.40. The number of methoxy groups -OCH3 is 1. The number of likely N-dealkylation sites (tertiary alicyclic amines) is 1. The summed E-state index contributed by atoms with van der Waals surface area (Å²) in [5.41, 5.74) is 1.30. The smallest absolute Gasteiger partial charge is 0.320 e. The average molecular weight is 412 g/mol. The van der Waals surface area contributed by atoms with Gasteiger partial charge in [-0.3, -0.25) is 9.69 Å². The lowest BCUT2D eigenvalue weighted by Crippen LogP contribution is -2.47. The molecule has 27 heavy (non-hydrogen) atoms. The fourth-order valence-corrected chi connectivity index (χ4v) is 3.99. The first-order valence-electron chi connectivity index (χ1n) is 8.69. The maximum absolute atomic E-state index is 14.1. The first-order valence-corrected chi connectivity index (χ1v) is 9.45. The van der Waals surface area contributed by atoms with Crippen molar-refractivity contribution >= 4 is 29.2 Å². The molecule has 4 nitrogen and oxygen atoms in total. The van der Waals surface area contributed by atoms with Crippen LogP contribution >= 0.6 is 23.2 Å². The summed E-state index contributed by atoms with van der Waals surface area (Å²) in [5.74, 6) is -0.822. The SMILES string of the molecule is COc1ccc(F)cc1C(c1ccc(Cl)c(Cl)c1)N1CCCCC1C(=O)O. The number of piperidine rings is 1. The number of hydrogen-bond acceptors (Lipinski definition) is 3. The van der Waals surface area contributed by atoms with Gasteiger partial charge in [0.2, 0.25) is 0 Å². The molecule has 1 fully saturated rings. The summed E-state index contributed by atoms with van der Waals surface area (Å²) in [6, 6.07) is 8.21. The summed E-state index contributed by atoms with van der Waals surface area (Å²) in [5, 5.41) is 10.5. The number of benzene rings is 2. The van der Waals surface area contributed by atoms with Crippen molar-refractivity contribution in [2.45, 2.75) is 31.3 Å². The monoisotopic (exact) mass is 411 g/mol. The predicted molar refractivity (Wildman–Crippen MR) is 103 cm³/mol. The fraction of sp³-hybridized carbons (Fsp3) is 0.350. The number of carbonyl (C=O) groups is 1. The second-order valence-corrected chi connectivity index (χ2v) is 7.36. The maximum Gasteiger partial charge on any atom is 0.320 e. The van der Waals surface area contributed by atoms with Gasteiger partial charge in [-0.05, 0) is 55.3 Å². The minimum atomic E-state index is -0.893. The molecule has 1 aliphatic rings. The highest BCUT2D eigenvalue weighted by atomic mass is 35.5. The molecule has 0 radical (unpaired) electrons. The van der Waals surface area contributed by atoms with E-state index < -0.39 is 23.9 Å². The summed E-state index contributed by atoms with van der Waals surface area (Å²) in [6.45, 7) is 0.571. The summed E-state index contributed by atoms with van der Waals surface area (Å²) < 4.78 is 19.5. The molecule has 0 saturated carbocycles. The minimum Gasteiger partial charge on any atom is -0.496 e. The van der Waals surface area contributed by atoms with Crippen LogP contribution in [0.15, 0.2) is 36.4 Å². The Morgan fingerprint density at radius 3 is 2.67 bits per heavy atom. The van der Waals surface area contributed by atoms with E-state index in [1.54, 1.807) is 24.3 Å². The van der Waals surface area contributed by atoms with Crippen LogP contribution in [0.1, 0.15) is 36.4 Å². The first kappa shape index (κ1) is 19.9. The number of nitrogens with zero attached hydrogens (tertiary/aromatic N) is 1. The number of halogens is 3. The number of ether oxygens (including phenoxy) is 1. The summed E-state index contributed by atoms with van der Waals surface area (Å²) >= 11 is 12.3. The van der Waals surface area contributed by atoms with Crippen LogP contribution in [0.3, 0.4) is 0 Å². The normalized spacial score (nSPS) is 18.9. The number of rotatable bonds is 5. The van der Waals surface area contributed by atoms with Gasteiger partial charge in [0.1, 0.15) is 17.6 Å². The number of carboxylic acid groups (broad SMARTS) is 1. The molecule has 2 aromatic carbocycles. The first-order chi connectivity index (χ1) is 12.9. The zero-order chi connectivity index (χ0) is 19.6. The Hall–Kier alpha value is -1.82. The molecular weight excluding hydrogens is 392 g/mol. The number of hydrogen-bond donors (Lipinski definition) is 1. The molecule has 3 rings (SSSR count). The van der Waals surface area contributed by atoms with Gasteiger partial charge in [-0.15, -0.1) is 0 Å². The molecule has 0 bridgehead atoms. The van der Waals surface area contributed by atoms with Gasteiger partial charge in [-0.1, -0.05) is 35.7 Å². The van der Waals surface area contributed by atoms with E-state index >= 15 is 0 Å². The molecule has 1 N–H and O–H groups in total. The summed E-state index contributed by atoms with van der Waals surface area (Å²) in [4.78, 5) is 13.8. The molecule has 1 saturated heterocycles. The molecule has 0 aromatic heterocycles. The van der Waals surface area contributed by atoms with E-state index in [1.807, 2.05) is 4.90 Å². The topological polar surface area (TPSA) is 49.8 Å². The molecule has 0 spiro atoms. The van der Waals surface area contributed by atoms with Crippen molar-refractivity contribution in [3.8, 4) is 5.75 Å². The van der Waals surface area contributed by atoms with Crippen molar-refractivity contribution in [2.24, 2.45) is 0 Å². The lowest BCUT2D eigenvalue weighted by molar-refractivity contribution is -0.145. The average Bonchev–Trinajstić information content (AvgIpc) is 2.65. The van der Waals surface area contributed by atoms with Crippen molar-refractivity contribution in [3.63, 3.8) is 0 Å². The Morgan fingerprint density at radius 1 is 1.22 bits per heavy atom. The maximum atomic E-state index is 14.1. The van der Waals surface area contributed by atoms with E-state index in [1.165, 1.54) is 19.2 Å². The molecule has 2 atom stereocenters. The van der Waals surface area contributed by atoms with Crippen molar-refractivity contribution in [2.75, 3.05) is 13.7 Å². The van der Waals surface area contributed by atoms with E-state index in [2.05, 4.69) is 0 Å². The van der Waals surface area contributed by atoms with Crippen molar-refractivity contribution in [1.82, 2.24) is 4.90 Å². The van der Waals surface area contributed by atoms with Gasteiger partial charge in [-0.25, -0.2) is 4.39 Å². The molecular formula is C20H20Cl2FNO3. The van der Waals surface area contributed by atoms with Gasteiger partial charge in [0, 0.05) is 5.56 Å². The predicted octanol–water partition coefficient (Wildman–Crippen LogP) is 5.17. The Labute approximate surface area is 167 Å². The van der Waals surface area contributed by atoms with Crippen molar-refractivity contribution in [1.29, 1.82) is 0 Å². The minimum absolute atomic E-state index is 0.360. The standard InChI is InChI=1S/C20H20Cl2FNO3/c1-27-18-8-6-13(23)11-14(18)19(12-5-7-15(21)16(22)10-12)24-9-3-2-4-17(24)20(25)26/h5-8,10-11,17,19H,2-4,9H2,1H3,(H,25,26). The molecule has 144 valence electrons. The highest BCUT2D eigenvalue weighted by molar-refractivity contribution is 6.42. The zero-order valence-electron chi connectivity index (χ0n) is 14.8. The third-order valence-electron chi connectivity index (χ3n) is 4.91. The van der Waals surface area contributed by atoms with Crippen LogP contribution in [0.5, 0.6) is 5.75 Å². The van der Waals surface area contributed by atoms with Gasteiger partial charge < -0.3 is 9.84 Å². The fourth-order valence-electron chi connectivity index (χ4n) is 3.68. The Kier molecular flexibility index (Phi) is 6.25. The Morgan fingerprint density at radius 2 is 2.00 bits per heavy atom. The molecule has 2 aromatic rings. The van der Waals surface area contributed by atoms with Gasteiger partial charge in [0.25, 0.3) is 0 Å². The lowest BCUT2D eigenvalue weighted by atomic mass is 9.91. The van der Waals surface area contributed by atoms with Crippen LogP contribution in [-0.4, -0.2) is 35.7 Å². The van der Waals surface area contributed by atoms with Gasteiger partial charge in [-0.2, -0.15) is 0 Å². The lowest BCUT2D eigenvalue weighted by Gasteiger charge is -2.40. The second-order valence-electron chi connectivity index (χ2n) is 6.55. The quantitative estimate of drug-likeness (QED) is 0.736. The molecule has 0 aliphatic carbocycles. The van der Waals surface area contributed by atoms with E-state index in [0.717, 1.165) is 18.4 Å².